The van der Waals surface area contributed by atoms with E-state index < -0.39 is 0 Å². The van der Waals surface area contributed by atoms with Gasteiger partial charge in [-0.3, -0.25) is 0 Å². The minimum absolute atomic E-state index is 0.209. The number of rotatable bonds is 11. The Hall–Kier alpha value is -10.8. The van der Waals surface area contributed by atoms with Crippen molar-refractivity contribution in [1.29, 1.82) is 0 Å². The van der Waals surface area contributed by atoms with Crippen molar-refractivity contribution >= 4 is 55.7 Å². The summed E-state index contributed by atoms with van der Waals surface area (Å²) in [6.07, 6.45) is 0. The molecule has 2 aliphatic rings. The molecule has 14 aromatic rings. The van der Waals surface area contributed by atoms with E-state index in [1.165, 1.54) is 133 Å². The molecule has 0 aromatic heterocycles. The van der Waals surface area contributed by atoms with Crippen LogP contribution in [0, 0.1) is 13.8 Å². The molecule has 2 aliphatic carbocycles. The number of hydrogen-bond acceptors (Lipinski definition) is 2. The van der Waals surface area contributed by atoms with Gasteiger partial charge in [0.05, 0.1) is 5.69 Å². The molecule has 0 unspecified atom stereocenters. The van der Waals surface area contributed by atoms with Crippen LogP contribution in [0.4, 0.5) is 34.1 Å². The third-order valence-electron chi connectivity index (χ3n) is 19.6. The lowest BCUT2D eigenvalue weighted by molar-refractivity contribution is 0.660. The van der Waals surface area contributed by atoms with E-state index in [9.17, 15) is 0 Å². The second-order valence-corrected chi connectivity index (χ2v) is 25.9. The molecular formula is C88H68N2. The maximum Gasteiger partial charge on any atom is 0.0540 e. The fraction of sp³-hybridized carbons (Fsp3) is 0.0909. The first-order chi connectivity index (χ1) is 43.9. The summed E-state index contributed by atoms with van der Waals surface area (Å²) < 4.78 is 0. The van der Waals surface area contributed by atoms with E-state index in [1.807, 2.05) is 0 Å². The quantitative estimate of drug-likeness (QED) is 0.127. The highest BCUT2D eigenvalue weighted by molar-refractivity contribution is 6.00. The summed E-state index contributed by atoms with van der Waals surface area (Å²) in [5.41, 5.74) is 31.7. The Bertz CT molecular complexity index is 5120. The fourth-order valence-electron chi connectivity index (χ4n) is 14.8. The van der Waals surface area contributed by atoms with Gasteiger partial charge < -0.3 is 9.80 Å². The van der Waals surface area contributed by atoms with Crippen LogP contribution < -0.4 is 9.80 Å². The van der Waals surface area contributed by atoms with Gasteiger partial charge in [-0.1, -0.05) is 246 Å². The fourth-order valence-corrected chi connectivity index (χ4v) is 14.8. The smallest absolute Gasteiger partial charge is 0.0540 e. The first kappa shape index (κ1) is 54.6. The van der Waals surface area contributed by atoms with Crippen LogP contribution in [0.3, 0.4) is 0 Å². The first-order valence-electron chi connectivity index (χ1n) is 31.6. The van der Waals surface area contributed by atoms with E-state index in [0.717, 1.165) is 34.1 Å². The van der Waals surface area contributed by atoms with Crippen molar-refractivity contribution in [2.45, 2.75) is 52.4 Å². The van der Waals surface area contributed by atoms with Crippen LogP contribution in [-0.4, -0.2) is 0 Å². The lowest BCUT2D eigenvalue weighted by Crippen LogP contribution is -2.17. The summed E-state index contributed by atoms with van der Waals surface area (Å²) in [7, 11) is 0. The molecule has 0 radical (unpaired) electrons. The second kappa shape index (κ2) is 21.5. The van der Waals surface area contributed by atoms with Gasteiger partial charge >= 0.3 is 0 Å². The highest BCUT2D eigenvalue weighted by atomic mass is 15.1. The molecule has 0 fully saturated rings. The van der Waals surface area contributed by atoms with Crippen LogP contribution in [0.15, 0.2) is 303 Å². The molecule has 2 heteroatoms. The van der Waals surface area contributed by atoms with Gasteiger partial charge in [0.25, 0.3) is 0 Å². The lowest BCUT2D eigenvalue weighted by atomic mass is 9.81. The molecule has 0 saturated heterocycles. The van der Waals surface area contributed by atoms with Crippen molar-refractivity contribution in [3.63, 3.8) is 0 Å². The van der Waals surface area contributed by atoms with Crippen molar-refractivity contribution in [1.82, 2.24) is 0 Å². The van der Waals surface area contributed by atoms with Gasteiger partial charge in [-0.25, -0.2) is 0 Å². The van der Waals surface area contributed by atoms with Crippen LogP contribution in [0.25, 0.3) is 99.4 Å². The average molecular weight is 1150 g/mol. The van der Waals surface area contributed by atoms with E-state index >= 15 is 0 Å². The summed E-state index contributed by atoms with van der Waals surface area (Å²) in [6, 6.07) is 113. The van der Waals surface area contributed by atoms with Crippen molar-refractivity contribution in [2.75, 3.05) is 9.80 Å². The van der Waals surface area contributed by atoms with E-state index in [4.69, 9.17) is 0 Å². The number of fused-ring (bicyclic) bond motifs is 8. The largest absolute Gasteiger partial charge is 0.310 e. The highest BCUT2D eigenvalue weighted by Gasteiger charge is 2.38. The molecule has 0 spiro atoms. The van der Waals surface area contributed by atoms with Gasteiger partial charge in [0, 0.05) is 44.7 Å². The van der Waals surface area contributed by atoms with Crippen molar-refractivity contribution in [2.24, 2.45) is 0 Å². The zero-order chi connectivity index (χ0) is 60.8. The van der Waals surface area contributed by atoms with E-state index in [2.05, 4.69) is 355 Å². The Labute approximate surface area is 529 Å². The minimum atomic E-state index is -0.226. The zero-order valence-electron chi connectivity index (χ0n) is 51.8. The number of nitrogens with zero attached hydrogens (tertiary/aromatic N) is 2. The molecule has 0 saturated carbocycles. The van der Waals surface area contributed by atoms with Crippen LogP contribution in [0.2, 0.25) is 0 Å². The number of hydrogen-bond donors (Lipinski definition) is 0. The second-order valence-electron chi connectivity index (χ2n) is 25.9. The molecule has 0 amide bonds. The normalized spacial score (nSPS) is 13.2. The zero-order valence-corrected chi connectivity index (χ0v) is 51.8. The van der Waals surface area contributed by atoms with E-state index in [0.29, 0.717) is 0 Å². The predicted octanol–water partition coefficient (Wildman–Crippen LogP) is 24.5. The molecular weight excluding hydrogens is 1080 g/mol. The molecule has 0 aliphatic heterocycles. The van der Waals surface area contributed by atoms with Gasteiger partial charge in [-0.2, -0.15) is 0 Å². The molecule has 0 atom stereocenters. The number of aryl methyl sites for hydroxylation is 2. The molecule has 0 N–H and O–H groups in total. The maximum absolute atomic E-state index is 2.48. The van der Waals surface area contributed by atoms with Crippen LogP contribution in [0.1, 0.15) is 61.1 Å². The Kier molecular flexibility index (Phi) is 13.0. The molecule has 0 heterocycles. The summed E-state index contributed by atoms with van der Waals surface area (Å²) in [5, 5.41) is 4.82. The van der Waals surface area contributed by atoms with Crippen molar-refractivity contribution < 1.29 is 0 Å². The van der Waals surface area contributed by atoms with Gasteiger partial charge in [-0.05, 0) is 226 Å². The molecule has 14 aromatic carbocycles. The van der Waals surface area contributed by atoms with Crippen molar-refractivity contribution in [3.05, 3.63) is 337 Å². The third-order valence-corrected chi connectivity index (χ3v) is 19.6. The summed E-state index contributed by atoms with van der Waals surface area (Å²) in [5.74, 6) is 0. The first-order valence-corrected chi connectivity index (χ1v) is 31.6. The third kappa shape index (κ3) is 9.33. The average Bonchev–Trinajstić information content (AvgIpc) is 1.58. The van der Waals surface area contributed by atoms with Gasteiger partial charge in [0.15, 0.2) is 0 Å². The Morgan fingerprint density at radius 2 is 0.622 bits per heavy atom. The van der Waals surface area contributed by atoms with E-state index in [1.54, 1.807) is 0 Å². The standard InChI is InChI=1S/C88H68N2/c1-57-17-15-24-71(49-57)89(74-42-47-80-78-44-38-68(53-82(78)87(3,4)84(80)55-74)63-31-27-61(28-32-63)59-18-9-7-10-19-59)73-40-37-66-51-70(36-35-67(66)52-73)76-46-41-72(50-58(76)2)90(86-26-16-23-65-22-13-14-25-77(65)86)75-43-48-81-79-45-39-69(54-83(79)88(5,6)85(81)56-75)64-33-29-62(30-34-64)60-20-11-8-12-21-60/h7-56H,1-6H3. The SMILES string of the molecule is Cc1cccc(N(c2ccc3c(c2)C(C)(C)c2cc(-c4ccc(-c5ccccc5)cc4)ccc2-3)c2ccc3cc(-c4ccc(N(c5ccc6c(c5)C(C)(C)c5cc(-c7ccc(-c8ccccc8)cc7)ccc5-6)c5cccc6ccccc56)cc4C)ccc3c2)c1. The van der Waals surface area contributed by atoms with Crippen LogP contribution in [0.5, 0.6) is 0 Å². The summed E-state index contributed by atoms with van der Waals surface area (Å²) >= 11 is 0. The topological polar surface area (TPSA) is 6.48 Å². The van der Waals surface area contributed by atoms with Gasteiger partial charge in [0.2, 0.25) is 0 Å². The molecule has 0 bridgehead atoms. The Morgan fingerprint density at radius 1 is 0.233 bits per heavy atom. The van der Waals surface area contributed by atoms with E-state index in [-0.39, 0.29) is 10.8 Å². The monoisotopic (exact) mass is 1150 g/mol. The molecule has 16 rings (SSSR count). The maximum atomic E-state index is 2.48. The minimum Gasteiger partial charge on any atom is -0.310 e. The van der Waals surface area contributed by atoms with Crippen LogP contribution >= 0.6 is 0 Å². The Balaban J connectivity index is 0.710. The van der Waals surface area contributed by atoms with Gasteiger partial charge in [0.1, 0.15) is 0 Å². The lowest BCUT2D eigenvalue weighted by Gasteiger charge is -2.29. The number of anilines is 6. The number of benzene rings is 14. The Morgan fingerprint density at radius 3 is 1.19 bits per heavy atom. The molecule has 430 valence electrons. The van der Waals surface area contributed by atoms with Gasteiger partial charge in [-0.15, -0.1) is 0 Å². The van der Waals surface area contributed by atoms with Crippen molar-refractivity contribution in [3.8, 4) is 77.9 Å². The predicted molar refractivity (Wildman–Crippen MR) is 383 cm³/mol. The summed E-state index contributed by atoms with van der Waals surface area (Å²) in [6.45, 7) is 14.0. The summed E-state index contributed by atoms with van der Waals surface area (Å²) in [4.78, 5) is 4.91. The highest BCUT2D eigenvalue weighted by Crippen LogP contribution is 2.54. The molecule has 2 nitrogen and oxygen atoms in total. The van der Waals surface area contributed by atoms with Crippen LogP contribution in [-0.2, 0) is 10.8 Å². The molecule has 90 heavy (non-hydrogen) atoms.